The summed E-state index contributed by atoms with van der Waals surface area (Å²) < 4.78 is 1.95. The zero-order chi connectivity index (χ0) is 13.4. The Bertz CT molecular complexity index is 726. The molecule has 0 bridgehead atoms. The summed E-state index contributed by atoms with van der Waals surface area (Å²) in [6.07, 6.45) is 1.80. The Morgan fingerprint density at radius 1 is 1.11 bits per heavy atom. The van der Waals surface area contributed by atoms with Gasteiger partial charge >= 0.3 is 0 Å². The van der Waals surface area contributed by atoms with Gasteiger partial charge in [-0.2, -0.15) is 0 Å². The van der Waals surface area contributed by atoms with Gasteiger partial charge in [-0.1, -0.05) is 29.8 Å². The lowest BCUT2D eigenvalue weighted by Crippen LogP contribution is -2.05. The molecule has 0 fully saturated rings. The van der Waals surface area contributed by atoms with Crippen molar-refractivity contribution < 1.29 is 0 Å². The van der Waals surface area contributed by atoms with Crippen LogP contribution in [-0.4, -0.2) is 14.5 Å². The fraction of sp³-hybridized carbons (Fsp3) is 0.200. The fourth-order valence-electron chi connectivity index (χ4n) is 2.19. The van der Waals surface area contributed by atoms with Gasteiger partial charge in [0, 0.05) is 6.20 Å². The highest BCUT2D eigenvalue weighted by molar-refractivity contribution is 5.77. The maximum atomic E-state index is 6.01. The van der Waals surface area contributed by atoms with Crippen LogP contribution in [0.2, 0.25) is 0 Å². The van der Waals surface area contributed by atoms with Crippen molar-refractivity contribution in [1.82, 2.24) is 14.5 Å². The second-order valence-corrected chi connectivity index (χ2v) is 4.84. The summed E-state index contributed by atoms with van der Waals surface area (Å²) in [5.74, 6) is 0.511. The molecule has 4 heteroatoms. The Hall–Kier alpha value is -2.36. The maximum absolute atomic E-state index is 6.01. The molecule has 2 heterocycles. The van der Waals surface area contributed by atoms with Gasteiger partial charge in [-0.15, -0.1) is 0 Å². The normalized spacial score (nSPS) is 11.1. The zero-order valence-electron chi connectivity index (χ0n) is 11.1. The van der Waals surface area contributed by atoms with Crippen molar-refractivity contribution in [2.75, 3.05) is 5.73 Å². The molecule has 96 valence electrons. The van der Waals surface area contributed by atoms with Crippen LogP contribution in [0.5, 0.6) is 0 Å². The minimum absolute atomic E-state index is 0.511. The molecular formula is C15H16N4. The molecule has 2 N–H and O–H groups in total. The van der Waals surface area contributed by atoms with Crippen molar-refractivity contribution in [2.24, 2.45) is 0 Å². The highest BCUT2D eigenvalue weighted by Crippen LogP contribution is 2.20. The third-order valence-electron chi connectivity index (χ3n) is 3.33. The van der Waals surface area contributed by atoms with E-state index < -0.39 is 0 Å². The summed E-state index contributed by atoms with van der Waals surface area (Å²) in [6, 6.07) is 10.4. The SMILES string of the molecule is Cc1ccc(Cn2c(N)nc3c(C)ccnc32)cc1. The van der Waals surface area contributed by atoms with Crippen LogP contribution in [0.4, 0.5) is 5.95 Å². The predicted octanol–water partition coefficient (Wildman–Crippen LogP) is 2.68. The second-order valence-electron chi connectivity index (χ2n) is 4.84. The van der Waals surface area contributed by atoms with E-state index in [0.29, 0.717) is 12.5 Å². The first-order valence-electron chi connectivity index (χ1n) is 6.28. The van der Waals surface area contributed by atoms with Crippen molar-refractivity contribution >= 4 is 17.1 Å². The Morgan fingerprint density at radius 3 is 2.58 bits per heavy atom. The average Bonchev–Trinajstić information content (AvgIpc) is 2.71. The van der Waals surface area contributed by atoms with Crippen LogP contribution >= 0.6 is 0 Å². The number of nitrogen functional groups attached to an aromatic ring is 1. The van der Waals surface area contributed by atoms with Gasteiger partial charge in [0.1, 0.15) is 5.52 Å². The van der Waals surface area contributed by atoms with Crippen molar-refractivity contribution in [3.63, 3.8) is 0 Å². The summed E-state index contributed by atoms with van der Waals surface area (Å²) in [4.78, 5) is 8.80. The number of fused-ring (bicyclic) bond motifs is 1. The lowest BCUT2D eigenvalue weighted by atomic mass is 10.1. The van der Waals surface area contributed by atoms with E-state index in [0.717, 1.165) is 16.7 Å². The van der Waals surface area contributed by atoms with Crippen molar-refractivity contribution in [1.29, 1.82) is 0 Å². The molecule has 2 aromatic heterocycles. The molecule has 0 aliphatic rings. The van der Waals surface area contributed by atoms with E-state index in [2.05, 4.69) is 41.2 Å². The van der Waals surface area contributed by atoms with E-state index >= 15 is 0 Å². The molecule has 19 heavy (non-hydrogen) atoms. The van der Waals surface area contributed by atoms with E-state index in [1.807, 2.05) is 17.6 Å². The molecule has 0 aliphatic heterocycles. The zero-order valence-corrected chi connectivity index (χ0v) is 11.1. The van der Waals surface area contributed by atoms with Gasteiger partial charge in [-0.05, 0) is 31.0 Å². The number of nitrogens with zero attached hydrogens (tertiary/aromatic N) is 3. The molecule has 1 aromatic carbocycles. The largest absolute Gasteiger partial charge is 0.369 e. The second kappa shape index (κ2) is 4.39. The quantitative estimate of drug-likeness (QED) is 0.763. The maximum Gasteiger partial charge on any atom is 0.202 e. The monoisotopic (exact) mass is 252 g/mol. The van der Waals surface area contributed by atoms with Crippen molar-refractivity contribution in [3.8, 4) is 0 Å². The Kier molecular flexibility index (Phi) is 2.71. The number of anilines is 1. The molecule has 0 atom stereocenters. The smallest absolute Gasteiger partial charge is 0.202 e. The number of rotatable bonds is 2. The molecule has 0 aliphatic carbocycles. The number of aromatic nitrogens is 3. The van der Waals surface area contributed by atoms with E-state index in [9.17, 15) is 0 Å². The van der Waals surface area contributed by atoms with Gasteiger partial charge in [-0.3, -0.25) is 4.57 Å². The summed E-state index contributed by atoms with van der Waals surface area (Å²) in [6.45, 7) is 4.79. The average molecular weight is 252 g/mol. The first-order valence-corrected chi connectivity index (χ1v) is 6.28. The van der Waals surface area contributed by atoms with Gasteiger partial charge in [-0.25, -0.2) is 9.97 Å². The highest BCUT2D eigenvalue weighted by Gasteiger charge is 2.11. The van der Waals surface area contributed by atoms with Crippen molar-refractivity contribution in [2.45, 2.75) is 20.4 Å². The third kappa shape index (κ3) is 2.05. The van der Waals surface area contributed by atoms with Crippen LogP contribution in [-0.2, 0) is 6.54 Å². The molecule has 4 nitrogen and oxygen atoms in total. The summed E-state index contributed by atoms with van der Waals surface area (Å²) in [5, 5.41) is 0. The van der Waals surface area contributed by atoms with Crippen LogP contribution in [0.1, 0.15) is 16.7 Å². The van der Waals surface area contributed by atoms with Crippen LogP contribution in [0.25, 0.3) is 11.2 Å². The molecule has 0 unspecified atom stereocenters. The molecule has 0 saturated carbocycles. The Balaban J connectivity index is 2.07. The number of pyridine rings is 1. The first kappa shape index (κ1) is 11.7. The molecular weight excluding hydrogens is 236 g/mol. The number of benzene rings is 1. The standard InChI is InChI=1S/C15H16N4/c1-10-3-5-12(6-4-10)9-19-14-13(18-15(19)16)11(2)7-8-17-14/h3-8H,9H2,1-2H3,(H2,16,18). The fourth-order valence-corrected chi connectivity index (χ4v) is 2.19. The van der Waals surface area contributed by atoms with Crippen LogP contribution in [0, 0.1) is 13.8 Å². The molecule has 3 rings (SSSR count). The van der Waals surface area contributed by atoms with Gasteiger partial charge in [0.05, 0.1) is 6.54 Å². The third-order valence-corrected chi connectivity index (χ3v) is 3.33. The lowest BCUT2D eigenvalue weighted by Gasteiger charge is -2.06. The lowest BCUT2D eigenvalue weighted by molar-refractivity contribution is 0.827. The van der Waals surface area contributed by atoms with Gasteiger partial charge < -0.3 is 5.73 Å². The van der Waals surface area contributed by atoms with Crippen LogP contribution in [0.15, 0.2) is 36.5 Å². The summed E-state index contributed by atoms with van der Waals surface area (Å²) in [5.41, 5.74) is 11.3. The Morgan fingerprint density at radius 2 is 1.84 bits per heavy atom. The number of hydrogen-bond acceptors (Lipinski definition) is 3. The van der Waals surface area contributed by atoms with E-state index in [1.54, 1.807) is 6.20 Å². The van der Waals surface area contributed by atoms with Gasteiger partial charge in [0.2, 0.25) is 5.95 Å². The Labute approximate surface area is 111 Å². The van der Waals surface area contributed by atoms with Gasteiger partial charge in [0.15, 0.2) is 5.65 Å². The summed E-state index contributed by atoms with van der Waals surface area (Å²) in [7, 11) is 0. The van der Waals surface area contributed by atoms with Crippen LogP contribution in [0.3, 0.4) is 0 Å². The number of aryl methyl sites for hydroxylation is 2. The van der Waals surface area contributed by atoms with E-state index in [-0.39, 0.29) is 0 Å². The predicted molar refractivity (Wildman–Crippen MR) is 77.0 cm³/mol. The minimum atomic E-state index is 0.511. The summed E-state index contributed by atoms with van der Waals surface area (Å²) >= 11 is 0. The van der Waals surface area contributed by atoms with Crippen LogP contribution < -0.4 is 5.73 Å². The van der Waals surface area contributed by atoms with Crippen molar-refractivity contribution in [3.05, 3.63) is 53.2 Å². The molecule has 0 spiro atoms. The number of hydrogen-bond donors (Lipinski definition) is 1. The minimum Gasteiger partial charge on any atom is -0.369 e. The molecule has 3 aromatic rings. The molecule has 0 saturated heterocycles. The molecule has 0 radical (unpaired) electrons. The topological polar surface area (TPSA) is 56.7 Å². The molecule has 0 amide bonds. The van der Waals surface area contributed by atoms with E-state index in [4.69, 9.17) is 5.73 Å². The van der Waals surface area contributed by atoms with E-state index in [1.165, 1.54) is 11.1 Å². The number of imidazole rings is 1. The first-order chi connectivity index (χ1) is 9.15. The number of nitrogens with two attached hydrogens (primary N) is 1. The van der Waals surface area contributed by atoms with Gasteiger partial charge in [0.25, 0.3) is 0 Å². The highest BCUT2D eigenvalue weighted by atomic mass is 15.2.